The number of methoxy groups -OCH3 is 1. The van der Waals surface area contributed by atoms with Crippen LogP contribution in [-0.4, -0.2) is 82.5 Å². The Balaban J connectivity index is 0.00000364. The highest BCUT2D eigenvalue weighted by molar-refractivity contribution is 14.0. The fourth-order valence-corrected chi connectivity index (χ4v) is 3.33. The minimum absolute atomic E-state index is 0. The summed E-state index contributed by atoms with van der Waals surface area (Å²) in [6.45, 7) is 15.0. The maximum Gasteiger partial charge on any atom is 0.194 e. The first kappa shape index (κ1) is 23.8. The minimum atomic E-state index is 0. The summed E-state index contributed by atoms with van der Waals surface area (Å²) in [7, 11) is 3.72. The van der Waals surface area contributed by atoms with Crippen LogP contribution in [0.4, 0.5) is 0 Å². The fourth-order valence-electron chi connectivity index (χ4n) is 3.33. The molecule has 1 aromatic heterocycles. The Kier molecular flexibility index (Phi) is 10.2. The summed E-state index contributed by atoms with van der Waals surface area (Å²) in [6.07, 6.45) is 1.85. The summed E-state index contributed by atoms with van der Waals surface area (Å²) in [5.41, 5.74) is 0. The molecule has 0 bridgehead atoms. The van der Waals surface area contributed by atoms with Crippen molar-refractivity contribution in [3.05, 3.63) is 24.3 Å². The Bertz CT molecular complexity index is 607. The van der Waals surface area contributed by atoms with E-state index in [1.54, 1.807) is 7.11 Å². The molecule has 0 aliphatic carbocycles. The molecule has 27 heavy (non-hydrogen) atoms. The second-order valence-corrected chi connectivity index (χ2v) is 6.87. The van der Waals surface area contributed by atoms with E-state index in [1.807, 2.05) is 24.6 Å². The Morgan fingerprint density at radius 2 is 2.00 bits per heavy atom. The van der Waals surface area contributed by atoms with Gasteiger partial charge in [0.05, 0.1) is 6.61 Å². The third-order valence-electron chi connectivity index (χ3n) is 4.91. The molecule has 154 valence electrons. The Morgan fingerprint density at radius 1 is 1.33 bits per heavy atom. The monoisotopic (exact) mass is 491 g/mol. The molecular weight excluding hydrogens is 457 g/mol. The molecule has 0 spiro atoms. The molecule has 1 aliphatic rings. The van der Waals surface area contributed by atoms with E-state index < -0.39 is 0 Å². The lowest BCUT2D eigenvalue weighted by atomic mass is 10.1. The number of halogens is 1. The van der Waals surface area contributed by atoms with E-state index in [0.29, 0.717) is 25.2 Å². The number of ether oxygens (including phenoxy) is 1. The van der Waals surface area contributed by atoms with Gasteiger partial charge in [0.15, 0.2) is 11.8 Å². The normalized spacial score (nSPS) is 21.1. The van der Waals surface area contributed by atoms with Gasteiger partial charge in [0.25, 0.3) is 0 Å². The summed E-state index contributed by atoms with van der Waals surface area (Å²) >= 11 is 0. The van der Waals surface area contributed by atoms with Gasteiger partial charge in [0, 0.05) is 52.4 Å². The van der Waals surface area contributed by atoms with Crippen molar-refractivity contribution in [2.75, 3.05) is 39.9 Å². The van der Waals surface area contributed by atoms with E-state index >= 15 is 0 Å². The molecule has 1 aliphatic heterocycles. The Hall–Kier alpha value is -1.20. The minimum Gasteiger partial charge on any atom is -0.383 e. The molecule has 2 atom stereocenters. The second kappa shape index (κ2) is 11.6. The van der Waals surface area contributed by atoms with Crippen molar-refractivity contribution in [2.45, 2.75) is 39.4 Å². The van der Waals surface area contributed by atoms with Crippen LogP contribution in [0.3, 0.4) is 0 Å². The highest BCUT2D eigenvalue weighted by Gasteiger charge is 2.30. The first-order valence-electron chi connectivity index (χ1n) is 9.21. The molecule has 2 unspecified atom stereocenters. The van der Waals surface area contributed by atoms with Gasteiger partial charge in [-0.3, -0.25) is 4.90 Å². The van der Waals surface area contributed by atoms with Crippen LogP contribution < -0.4 is 5.32 Å². The van der Waals surface area contributed by atoms with Crippen LogP contribution >= 0.6 is 24.0 Å². The van der Waals surface area contributed by atoms with Gasteiger partial charge in [-0.05, 0) is 20.8 Å². The predicted molar refractivity (Wildman–Crippen MR) is 120 cm³/mol. The smallest absolute Gasteiger partial charge is 0.194 e. The van der Waals surface area contributed by atoms with Crippen LogP contribution in [0.15, 0.2) is 17.6 Å². The molecule has 2 heterocycles. The van der Waals surface area contributed by atoms with Crippen molar-refractivity contribution < 1.29 is 4.74 Å². The molecule has 9 heteroatoms. The lowest BCUT2D eigenvalue weighted by Crippen LogP contribution is -2.60. The van der Waals surface area contributed by atoms with Gasteiger partial charge in [0.2, 0.25) is 0 Å². The third-order valence-corrected chi connectivity index (χ3v) is 4.91. The molecule has 2 rings (SSSR count). The van der Waals surface area contributed by atoms with Gasteiger partial charge in [-0.15, -0.1) is 40.8 Å². The highest BCUT2D eigenvalue weighted by atomic mass is 127. The van der Waals surface area contributed by atoms with Crippen molar-refractivity contribution >= 4 is 29.9 Å². The maximum atomic E-state index is 5.25. The van der Waals surface area contributed by atoms with Crippen LogP contribution in [-0.2, 0) is 18.3 Å². The summed E-state index contributed by atoms with van der Waals surface area (Å²) in [5.74, 6) is 2.65. The van der Waals surface area contributed by atoms with Gasteiger partial charge < -0.3 is 19.5 Å². The first-order valence-corrected chi connectivity index (χ1v) is 9.21. The second-order valence-electron chi connectivity index (χ2n) is 6.87. The van der Waals surface area contributed by atoms with Gasteiger partial charge in [-0.2, -0.15) is 0 Å². The number of aliphatic imine (C=N–C) groups is 1. The van der Waals surface area contributed by atoms with E-state index in [2.05, 4.69) is 45.7 Å². The lowest BCUT2D eigenvalue weighted by Gasteiger charge is -2.45. The molecule has 8 nitrogen and oxygen atoms in total. The van der Waals surface area contributed by atoms with Gasteiger partial charge in [-0.25, -0.2) is 4.99 Å². The largest absolute Gasteiger partial charge is 0.383 e. The van der Waals surface area contributed by atoms with Gasteiger partial charge in [0.1, 0.15) is 12.4 Å². The zero-order chi connectivity index (χ0) is 19.1. The Labute approximate surface area is 180 Å². The number of rotatable bonds is 7. The maximum absolute atomic E-state index is 5.25. The van der Waals surface area contributed by atoms with Crippen LogP contribution in [0.25, 0.3) is 0 Å². The van der Waals surface area contributed by atoms with Gasteiger partial charge >= 0.3 is 0 Å². The zero-order valence-corrected chi connectivity index (χ0v) is 19.5. The average molecular weight is 491 g/mol. The summed E-state index contributed by atoms with van der Waals surface area (Å²) in [6, 6.07) is 0.864. The van der Waals surface area contributed by atoms with E-state index in [4.69, 9.17) is 9.73 Å². The molecule has 0 amide bonds. The number of hydrogen-bond acceptors (Lipinski definition) is 5. The number of nitrogens with one attached hydrogen (secondary N) is 1. The summed E-state index contributed by atoms with van der Waals surface area (Å²) in [4.78, 5) is 9.62. The zero-order valence-electron chi connectivity index (χ0n) is 17.2. The molecule has 0 aromatic carbocycles. The van der Waals surface area contributed by atoms with Crippen LogP contribution in [0, 0.1) is 6.92 Å². The van der Waals surface area contributed by atoms with Gasteiger partial charge in [-0.1, -0.05) is 6.08 Å². The number of aromatic nitrogens is 3. The molecule has 1 saturated heterocycles. The van der Waals surface area contributed by atoms with Crippen LogP contribution in [0.2, 0.25) is 0 Å². The van der Waals surface area contributed by atoms with Crippen molar-refractivity contribution in [1.82, 2.24) is 29.9 Å². The summed E-state index contributed by atoms with van der Waals surface area (Å²) in [5, 5.41) is 11.7. The number of piperazine rings is 1. The number of aryl methyl sites for hydroxylation is 1. The highest BCUT2D eigenvalue weighted by Crippen LogP contribution is 2.16. The first-order chi connectivity index (χ1) is 12.5. The van der Waals surface area contributed by atoms with Crippen molar-refractivity contribution in [3.63, 3.8) is 0 Å². The molecular formula is C18H34IN7O. The van der Waals surface area contributed by atoms with Crippen LogP contribution in [0.1, 0.15) is 25.5 Å². The number of nitrogens with zero attached hydrogens (tertiary/aromatic N) is 6. The van der Waals surface area contributed by atoms with Crippen molar-refractivity contribution in [1.29, 1.82) is 0 Å². The molecule has 0 saturated carbocycles. The topological polar surface area (TPSA) is 70.8 Å². The standard InChI is InChI=1S/C18H33N7O.HI/c1-7-8-19-18(20-11-17-22-21-16(4)23(17)5)24-12-14(2)25(9-10-26-6)15(3)13-24;/h7,14-15H,1,8-13H2,2-6H3,(H,19,20);1H. The van der Waals surface area contributed by atoms with Crippen molar-refractivity contribution in [2.24, 2.45) is 12.0 Å². The van der Waals surface area contributed by atoms with E-state index in [1.165, 1.54) is 0 Å². The average Bonchev–Trinajstić information content (AvgIpc) is 2.93. The molecule has 1 fully saturated rings. The van der Waals surface area contributed by atoms with E-state index in [0.717, 1.165) is 43.8 Å². The lowest BCUT2D eigenvalue weighted by molar-refractivity contribution is 0.0444. The number of hydrogen-bond donors (Lipinski definition) is 1. The molecule has 0 radical (unpaired) electrons. The molecule has 1 aromatic rings. The van der Waals surface area contributed by atoms with E-state index in [-0.39, 0.29) is 24.0 Å². The summed E-state index contributed by atoms with van der Waals surface area (Å²) < 4.78 is 7.23. The fraction of sp³-hybridized carbons (Fsp3) is 0.722. The van der Waals surface area contributed by atoms with Crippen molar-refractivity contribution in [3.8, 4) is 0 Å². The van der Waals surface area contributed by atoms with Crippen LogP contribution in [0.5, 0.6) is 0 Å². The number of guanidine groups is 1. The third kappa shape index (κ3) is 6.42. The SMILES string of the molecule is C=CCNC(=NCc1nnc(C)n1C)N1CC(C)N(CCOC)C(C)C1.I. The quantitative estimate of drug-likeness (QED) is 0.269. The predicted octanol–water partition coefficient (Wildman–Crippen LogP) is 1.41. The molecule has 1 N–H and O–H groups in total. The Morgan fingerprint density at radius 3 is 2.52 bits per heavy atom. The van der Waals surface area contributed by atoms with E-state index in [9.17, 15) is 0 Å².